The monoisotopic (exact) mass is 219 g/mol. The van der Waals surface area contributed by atoms with Gasteiger partial charge in [-0.25, -0.2) is 4.79 Å². The lowest BCUT2D eigenvalue weighted by Crippen LogP contribution is -2.00. The van der Waals surface area contributed by atoms with Gasteiger partial charge in [0.25, 0.3) is 0 Å². The zero-order valence-electron chi connectivity index (χ0n) is 9.91. The first-order valence-corrected chi connectivity index (χ1v) is 5.53. The predicted octanol–water partition coefficient (Wildman–Crippen LogP) is 2.96. The summed E-state index contributed by atoms with van der Waals surface area (Å²) in [5.74, 6) is 0. The minimum absolute atomic E-state index is 0.319. The highest BCUT2D eigenvalue weighted by molar-refractivity contribution is 5.82. The summed E-state index contributed by atoms with van der Waals surface area (Å²) in [5.41, 5.74) is 7.45. The van der Waals surface area contributed by atoms with E-state index in [0.717, 1.165) is 17.4 Å². The Morgan fingerprint density at radius 1 is 1.25 bits per heavy atom. The van der Waals surface area contributed by atoms with Crippen molar-refractivity contribution in [1.82, 2.24) is 0 Å². The highest BCUT2D eigenvalue weighted by Gasteiger charge is 2.03. The van der Waals surface area contributed by atoms with Gasteiger partial charge in [0.05, 0.1) is 0 Å². The second-order valence-electron chi connectivity index (χ2n) is 3.20. The number of benzene rings is 1. The molecule has 0 fully saturated rings. The molecule has 0 unspecified atom stereocenters. The van der Waals surface area contributed by atoms with Crippen LogP contribution in [0.5, 0.6) is 0 Å². The van der Waals surface area contributed by atoms with Crippen molar-refractivity contribution >= 4 is 16.7 Å². The molecule has 2 N–H and O–H groups in total. The molecule has 0 radical (unpaired) electrons. The molecule has 0 saturated heterocycles. The Kier molecular flexibility index (Phi) is 4.11. The first-order chi connectivity index (χ1) is 7.70. The van der Waals surface area contributed by atoms with Gasteiger partial charge in [-0.15, -0.1) is 0 Å². The molecule has 1 aromatic carbocycles. The summed E-state index contributed by atoms with van der Waals surface area (Å²) in [6.07, 6.45) is 0.812. The van der Waals surface area contributed by atoms with Crippen LogP contribution in [0.3, 0.4) is 0 Å². The maximum absolute atomic E-state index is 11.2. The largest absolute Gasteiger partial charge is 0.423 e. The molecule has 2 aromatic rings. The molecular formula is C13H17NO2. The van der Waals surface area contributed by atoms with Crippen molar-refractivity contribution in [2.75, 3.05) is 5.73 Å². The van der Waals surface area contributed by atoms with Gasteiger partial charge in [-0.2, -0.15) is 0 Å². The normalized spacial score (nSPS) is 9.69. The Morgan fingerprint density at radius 3 is 2.56 bits per heavy atom. The minimum Gasteiger partial charge on any atom is -0.423 e. The van der Waals surface area contributed by atoms with Gasteiger partial charge >= 0.3 is 5.63 Å². The molecule has 1 aromatic heterocycles. The summed E-state index contributed by atoms with van der Waals surface area (Å²) in [6.45, 7) is 6.00. The average Bonchev–Trinajstić information content (AvgIpc) is 2.30. The van der Waals surface area contributed by atoms with Crippen molar-refractivity contribution in [2.24, 2.45) is 0 Å². The third-order valence-corrected chi connectivity index (χ3v) is 2.24. The average molecular weight is 219 g/mol. The van der Waals surface area contributed by atoms with Crippen molar-refractivity contribution in [3.05, 3.63) is 40.2 Å². The maximum Gasteiger partial charge on any atom is 0.336 e. The number of aryl methyl sites for hydroxylation is 1. The second kappa shape index (κ2) is 5.35. The van der Waals surface area contributed by atoms with E-state index >= 15 is 0 Å². The van der Waals surface area contributed by atoms with Gasteiger partial charge in [-0.1, -0.05) is 20.8 Å². The fraction of sp³-hybridized carbons (Fsp3) is 0.308. The van der Waals surface area contributed by atoms with E-state index in [1.807, 2.05) is 32.9 Å². The van der Waals surface area contributed by atoms with Gasteiger partial charge in [0.2, 0.25) is 0 Å². The van der Waals surface area contributed by atoms with Crippen LogP contribution in [0.2, 0.25) is 0 Å². The first kappa shape index (κ1) is 12.3. The Hall–Kier alpha value is -1.77. The molecule has 3 heteroatoms. The van der Waals surface area contributed by atoms with Gasteiger partial charge in [0.1, 0.15) is 5.58 Å². The standard InChI is InChI=1S/C11H11NO2.C2H6/c1-2-7-5-11(13)14-10-6-8(12)3-4-9(7)10;1-2/h3-6H,2,12H2,1H3;1-2H3. The van der Waals surface area contributed by atoms with Crippen molar-refractivity contribution in [1.29, 1.82) is 0 Å². The summed E-state index contributed by atoms with van der Waals surface area (Å²) in [7, 11) is 0. The number of hydrogen-bond acceptors (Lipinski definition) is 3. The second-order valence-corrected chi connectivity index (χ2v) is 3.20. The zero-order valence-corrected chi connectivity index (χ0v) is 9.91. The van der Waals surface area contributed by atoms with Crippen LogP contribution in [0, 0.1) is 0 Å². The van der Waals surface area contributed by atoms with Crippen LogP contribution in [-0.2, 0) is 6.42 Å². The molecule has 0 spiro atoms. The number of fused-ring (bicyclic) bond motifs is 1. The van der Waals surface area contributed by atoms with E-state index in [2.05, 4.69) is 0 Å². The molecule has 0 atom stereocenters. The quantitative estimate of drug-likeness (QED) is 0.592. The van der Waals surface area contributed by atoms with Gasteiger partial charge in [0, 0.05) is 23.2 Å². The van der Waals surface area contributed by atoms with E-state index in [0.29, 0.717) is 11.3 Å². The van der Waals surface area contributed by atoms with Gasteiger partial charge in [-0.3, -0.25) is 0 Å². The molecule has 0 bridgehead atoms. The van der Waals surface area contributed by atoms with Crippen molar-refractivity contribution in [3.63, 3.8) is 0 Å². The number of hydrogen-bond donors (Lipinski definition) is 1. The Balaban J connectivity index is 0.000000606. The molecule has 0 aliphatic heterocycles. The molecule has 1 heterocycles. The fourth-order valence-corrected chi connectivity index (χ4v) is 1.54. The Bertz CT molecular complexity index is 529. The SMILES string of the molecule is CC.CCc1cc(=O)oc2cc(N)ccc12. The first-order valence-electron chi connectivity index (χ1n) is 5.53. The fourth-order valence-electron chi connectivity index (χ4n) is 1.54. The number of anilines is 1. The van der Waals surface area contributed by atoms with Crippen LogP contribution in [-0.4, -0.2) is 0 Å². The van der Waals surface area contributed by atoms with Crippen LogP contribution in [0.1, 0.15) is 26.3 Å². The van der Waals surface area contributed by atoms with Gasteiger partial charge in [-0.05, 0) is 24.1 Å². The van der Waals surface area contributed by atoms with Crippen molar-refractivity contribution < 1.29 is 4.42 Å². The summed E-state index contributed by atoms with van der Waals surface area (Å²) < 4.78 is 5.05. The zero-order chi connectivity index (χ0) is 12.1. The van der Waals surface area contributed by atoms with Crippen molar-refractivity contribution in [3.8, 4) is 0 Å². The topological polar surface area (TPSA) is 56.2 Å². The smallest absolute Gasteiger partial charge is 0.336 e. The van der Waals surface area contributed by atoms with E-state index in [4.69, 9.17) is 10.2 Å². The van der Waals surface area contributed by atoms with Gasteiger partial charge in [0.15, 0.2) is 0 Å². The molecule has 0 saturated carbocycles. The predicted molar refractivity (Wildman–Crippen MR) is 67.6 cm³/mol. The van der Waals surface area contributed by atoms with Crippen LogP contribution >= 0.6 is 0 Å². The van der Waals surface area contributed by atoms with E-state index in [-0.39, 0.29) is 5.63 Å². The Labute approximate surface area is 94.9 Å². The molecular weight excluding hydrogens is 202 g/mol. The number of nitrogens with two attached hydrogens (primary N) is 1. The molecule has 0 amide bonds. The number of rotatable bonds is 1. The summed E-state index contributed by atoms with van der Waals surface area (Å²) in [6, 6.07) is 6.89. The van der Waals surface area contributed by atoms with E-state index < -0.39 is 0 Å². The summed E-state index contributed by atoms with van der Waals surface area (Å²) >= 11 is 0. The molecule has 3 nitrogen and oxygen atoms in total. The van der Waals surface area contributed by atoms with Crippen LogP contribution < -0.4 is 11.4 Å². The molecule has 0 aliphatic rings. The maximum atomic E-state index is 11.2. The van der Waals surface area contributed by atoms with Crippen LogP contribution in [0.15, 0.2) is 33.5 Å². The minimum atomic E-state index is -0.319. The Morgan fingerprint density at radius 2 is 1.94 bits per heavy atom. The van der Waals surface area contributed by atoms with E-state index in [1.54, 1.807) is 6.07 Å². The van der Waals surface area contributed by atoms with E-state index in [1.165, 1.54) is 6.07 Å². The molecule has 86 valence electrons. The third kappa shape index (κ3) is 2.42. The van der Waals surface area contributed by atoms with Crippen LogP contribution in [0.25, 0.3) is 11.0 Å². The lowest BCUT2D eigenvalue weighted by atomic mass is 10.1. The molecule has 0 aliphatic carbocycles. The summed E-state index contributed by atoms with van der Waals surface area (Å²) in [4.78, 5) is 11.2. The van der Waals surface area contributed by atoms with Gasteiger partial charge < -0.3 is 10.2 Å². The number of nitrogen functional groups attached to an aromatic ring is 1. The molecule has 2 rings (SSSR count). The third-order valence-electron chi connectivity index (χ3n) is 2.24. The lowest BCUT2D eigenvalue weighted by molar-refractivity contribution is 0.559. The highest BCUT2D eigenvalue weighted by Crippen LogP contribution is 2.19. The van der Waals surface area contributed by atoms with E-state index in [9.17, 15) is 4.79 Å². The lowest BCUT2D eigenvalue weighted by Gasteiger charge is -2.02. The highest BCUT2D eigenvalue weighted by atomic mass is 16.4. The summed E-state index contributed by atoms with van der Waals surface area (Å²) in [5, 5.41) is 0.960. The molecule has 16 heavy (non-hydrogen) atoms. The van der Waals surface area contributed by atoms with Crippen LogP contribution in [0.4, 0.5) is 5.69 Å². The van der Waals surface area contributed by atoms with Crippen molar-refractivity contribution in [2.45, 2.75) is 27.2 Å².